The number of carbonyl (C=O) groups is 1. The van der Waals surface area contributed by atoms with E-state index in [1.54, 1.807) is 6.20 Å². The van der Waals surface area contributed by atoms with Gasteiger partial charge < -0.3 is 20.5 Å². The van der Waals surface area contributed by atoms with Gasteiger partial charge in [-0.15, -0.1) is 0 Å². The van der Waals surface area contributed by atoms with Gasteiger partial charge in [-0.05, 0) is 50.3 Å². The first-order valence-electron chi connectivity index (χ1n) is 13.0. The Balaban J connectivity index is 1.22. The van der Waals surface area contributed by atoms with Crippen LogP contribution in [0.25, 0.3) is 16.8 Å². The number of anilines is 2. The largest absolute Gasteiger partial charge is 0.489 e. The highest BCUT2D eigenvalue weighted by Gasteiger charge is 2.27. The van der Waals surface area contributed by atoms with Crippen molar-refractivity contribution in [1.29, 1.82) is 0 Å². The molecule has 3 N–H and O–H groups in total. The third-order valence-corrected chi connectivity index (χ3v) is 7.33. The second-order valence-corrected chi connectivity index (χ2v) is 9.80. The Morgan fingerprint density at radius 3 is 2.81 bits per heavy atom. The van der Waals surface area contributed by atoms with Crippen LogP contribution in [0.1, 0.15) is 55.8 Å². The van der Waals surface area contributed by atoms with E-state index >= 15 is 0 Å². The van der Waals surface area contributed by atoms with Gasteiger partial charge in [0.25, 0.3) is 5.91 Å². The number of aromatic nitrogens is 3. The quantitative estimate of drug-likeness (QED) is 0.358. The zero-order chi connectivity index (χ0) is 25.2. The maximum Gasteiger partial charge on any atom is 0.253 e. The van der Waals surface area contributed by atoms with Crippen LogP contribution in [-0.2, 0) is 16.1 Å². The van der Waals surface area contributed by atoms with Crippen molar-refractivity contribution in [3.63, 3.8) is 0 Å². The minimum Gasteiger partial charge on any atom is -0.489 e. The van der Waals surface area contributed by atoms with Gasteiger partial charge in [-0.1, -0.05) is 36.8 Å². The molecular weight excluding hydrogens is 466 g/mol. The number of fused-ring (bicyclic) bond motifs is 1. The maximum absolute atomic E-state index is 12.7. The lowest BCUT2D eigenvalue weighted by Gasteiger charge is -2.23. The molecule has 1 saturated carbocycles. The SMILES string of the molecule is Nc1nccn2c(C3CCC3)nc(-c3cccc(OCc4ccccc4NC(=O)C4CCCCO4)c3)c12. The summed E-state index contributed by atoms with van der Waals surface area (Å²) in [6, 6.07) is 15.6. The summed E-state index contributed by atoms with van der Waals surface area (Å²) in [6.07, 6.45) is 9.57. The lowest BCUT2D eigenvalue weighted by atomic mass is 9.85. The van der Waals surface area contributed by atoms with Crippen LogP contribution in [0.2, 0.25) is 0 Å². The molecule has 6 rings (SSSR count). The molecule has 0 spiro atoms. The molecule has 1 atom stereocenters. The number of hydrogen-bond acceptors (Lipinski definition) is 6. The number of ether oxygens (including phenoxy) is 2. The molecule has 1 aliphatic heterocycles. The van der Waals surface area contributed by atoms with Crippen LogP contribution in [0.4, 0.5) is 11.5 Å². The Morgan fingerprint density at radius 2 is 2.00 bits per heavy atom. The number of carbonyl (C=O) groups excluding carboxylic acids is 1. The number of hydrogen-bond donors (Lipinski definition) is 2. The molecule has 4 aromatic rings. The van der Waals surface area contributed by atoms with E-state index in [2.05, 4.69) is 14.7 Å². The number of amides is 1. The fourth-order valence-electron chi connectivity index (χ4n) is 5.07. The highest BCUT2D eigenvalue weighted by molar-refractivity contribution is 5.94. The maximum atomic E-state index is 12.7. The standard InChI is InChI=1S/C29H31N5O3/c30-27-26-25(33-28(19-8-5-9-19)34(26)15-14-31-27)20-10-6-11-22(17-20)37-18-21-7-1-2-12-23(21)32-29(35)24-13-3-4-16-36-24/h1-2,6-7,10-12,14-15,17,19,24H,3-5,8-9,13,16,18H2,(H2,30,31)(H,32,35). The van der Waals surface area contributed by atoms with Crippen LogP contribution in [0, 0.1) is 0 Å². The normalized spacial score (nSPS) is 17.9. The summed E-state index contributed by atoms with van der Waals surface area (Å²) in [7, 11) is 0. The fraction of sp³-hybridized carbons (Fsp3) is 0.345. The molecule has 8 heteroatoms. The Hall–Kier alpha value is -3.91. The highest BCUT2D eigenvalue weighted by Crippen LogP contribution is 2.39. The number of nitrogens with one attached hydrogen (secondary N) is 1. The molecule has 37 heavy (non-hydrogen) atoms. The van der Waals surface area contributed by atoms with E-state index in [1.165, 1.54) is 6.42 Å². The number of rotatable bonds is 7. The van der Waals surface area contributed by atoms with Crippen molar-refractivity contribution in [3.05, 3.63) is 72.3 Å². The van der Waals surface area contributed by atoms with Crippen LogP contribution < -0.4 is 15.8 Å². The van der Waals surface area contributed by atoms with Gasteiger partial charge in [0.15, 0.2) is 0 Å². The lowest BCUT2D eigenvalue weighted by Crippen LogP contribution is -2.33. The van der Waals surface area contributed by atoms with Crippen LogP contribution in [-0.4, -0.2) is 33.0 Å². The van der Waals surface area contributed by atoms with Gasteiger partial charge in [-0.2, -0.15) is 0 Å². The van der Waals surface area contributed by atoms with Crippen molar-refractivity contribution in [3.8, 4) is 17.0 Å². The summed E-state index contributed by atoms with van der Waals surface area (Å²) < 4.78 is 13.9. The van der Waals surface area contributed by atoms with E-state index < -0.39 is 6.10 Å². The van der Waals surface area contributed by atoms with E-state index in [4.69, 9.17) is 20.2 Å². The van der Waals surface area contributed by atoms with Crippen LogP contribution >= 0.6 is 0 Å². The summed E-state index contributed by atoms with van der Waals surface area (Å²) in [6.45, 7) is 0.946. The summed E-state index contributed by atoms with van der Waals surface area (Å²) in [5, 5.41) is 3.03. The Labute approximate surface area is 215 Å². The second kappa shape index (κ2) is 10.2. The van der Waals surface area contributed by atoms with Crippen LogP contribution in [0.15, 0.2) is 60.9 Å². The molecule has 2 aromatic carbocycles. The van der Waals surface area contributed by atoms with Gasteiger partial charge in [-0.25, -0.2) is 9.97 Å². The molecule has 0 radical (unpaired) electrons. The Bertz CT molecular complexity index is 1420. The van der Waals surface area contributed by atoms with Crippen molar-refractivity contribution in [1.82, 2.24) is 14.4 Å². The molecule has 2 aliphatic rings. The smallest absolute Gasteiger partial charge is 0.253 e. The Morgan fingerprint density at radius 1 is 1.11 bits per heavy atom. The molecule has 1 amide bonds. The topological polar surface area (TPSA) is 104 Å². The van der Waals surface area contributed by atoms with Gasteiger partial charge in [0.05, 0.1) is 0 Å². The van der Waals surface area contributed by atoms with Crippen LogP contribution in [0.3, 0.4) is 0 Å². The number of nitrogens with zero attached hydrogens (tertiary/aromatic N) is 3. The molecule has 1 aliphatic carbocycles. The first-order valence-corrected chi connectivity index (χ1v) is 13.0. The summed E-state index contributed by atoms with van der Waals surface area (Å²) in [5.74, 6) is 2.57. The molecule has 1 saturated heterocycles. The van der Waals surface area contributed by atoms with Gasteiger partial charge >= 0.3 is 0 Å². The van der Waals surface area contributed by atoms with E-state index in [0.717, 1.165) is 66.0 Å². The molecule has 0 bridgehead atoms. The molecule has 2 fully saturated rings. The minimum absolute atomic E-state index is 0.103. The predicted octanol–water partition coefficient (Wildman–Crippen LogP) is 5.33. The van der Waals surface area contributed by atoms with E-state index in [0.29, 0.717) is 30.7 Å². The second-order valence-electron chi connectivity index (χ2n) is 9.80. The van der Waals surface area contributed by atoms with E-state index in [1.807, 2.05) is 54.7 Å². The summed E-state index contributed by atoms with van der Waals surface area (Å²) in [5.41, 5.74) is 10.5. The first kappa shape index (κ1) is 23.5. The molecule has 3 heterocycles. The molecular formula is C29H31N5O3. The van der Waals surface area contributed by atoms with Crippen molar-refractivity contribution >= 4 is 22.9 Å². The minimum atomic E-state index is -0.393. The van der Waals surface area contributed by atoms with Crippen molar-refractivity contribution in [2.24, 2.45) is 0 Å². The molecule has 1 unspecified atom stereocenters. The third-order valence-electron chi connectivity index (χ3n) is 7.33. The fourth-order valence-corrected chi connectivity index (χ4v) is 5.07. The zero-order valence-corrected chi connectivity index (χ0v) is 20.7. The highest BCUT2D eigenvalue weighted by atomic mass is 16.5. The van der Waals surface area contributed by atoms with Gasteiger partial charge in [-0.3, -0.25) is 9.20 Å². The average Bonchev–Trinajstić information content (AvgIpc) is 3.28. The van der Waals surface area contributed by atoms with Crippen molar-refractivity contribution in [2.75, 3.05) is 17.7 Å². The zero-order valence-electron chi connectivity index (χ0n) is 20.7. The number of nitrogen functional groups attached to an aromatic ring is 1. The van der Waals surface area contributed by atoms with Gasteiger partial charge in [0, 0.05) is 41.7 Å². The van der Waals surface area contributed by atoms with E-state index in [9.17, 15) is 4.79 Å². The number of imidazole rings is 1. The average molecular weight is 498 g/mol. The van der Waals surface area contributed by atoms with Gasteiger partial charge in [0.1, 0.15) is 41.3 Å². The predicted molar refractivity (Wildman–Crippen MR) is 142 cm³/mol. The number of benzene rings is 2. The number of nitrogens with two attached hydrogens (primary N) is 1. The molecule has 190 valence electrons. The van der Waals surface area contributed by atoms with Crippen LogP contribution in [0.5, 0.6) is 5.75 Å². The van der Waals surface area contributed by atoms with Crippen molar-refractivity contribution < 1.29 is 14.3 Å². The Kier molecular flexibility index (Phi) is 6.49. The summed E-state index contributed by atoms with van der Waals surface area (Å²) >= 11 is 0. The third kappa shape index (κ3) is 4.76. The van der Waals surface area contributed by atoms with Crippen molar-refractivity contribution in [2.45, 2.75) is 57.2 Å². The first-order chi connectivity index (χ1) is 18.2. The summed E-state index contributed by atoms with van der Waals surface area (Å²) in [4.78, 5) is 22.0. The molecule has 2 aromatic heterocycles. The number of para-hydroxylation sites is 1. The van der Waals surface area contributed by atoms with Gasteiger partial charge in [0.2, 0.25) is 0 Å². The monoisotopic (exact) mass is 497 g/mol. The lowest BCUT2D eigenvalue weighted by molar-refractivity contribution is -0.129. The molecule has 8 nitrogen and oxygen atoms in total. The van der Waals surface area contributed by atoms with E-state index in [-0.39, 0.29) is 5.91 Å².